The molecule has 2 aromatic carbocycles. The number of carbonyl (C=O) groups is 2. The van der Waals surface area contributed by atoms with E-state index in [9.17, 15) is 14.2 Å². The van der Waals surface area contributed by atoms with Crippen molar-refractivity contribution in [3.05, 3.63) is 60.7 Å². The van der Waals surface area contributed by atoms with Gasteiger partial charge in [0, 0.05) is 17.7 Å². The van der Waals surface area contributed by atoms with Crippen LogP contribution in [0.15, 0.2) is 60.7 Å². The number of fused-ring (bicyclic) bond motifs is 3. The second-order valence-electron chi connectivity index (χ2n) is 4.44. The molecule has 0 spiro atoms. The van der Waals surface area contributed by atoms with Crippen LogP contribution in [0.5, 0.6) is 5.75 Å². The van der Waals surface area contributed by atoms with Crippen LogP contribution in [-0.2, 0) is 14.2 Å². The third-order valence-electron chi connectivity index (χ3n) is 2.90. The molecule has 118 valence electrons. The summed E-state index contributed by atoms with van der Waals surface area (Å²) in [6, 6.07) is 15.4. The minimum atomic E-state index is -2.11. The first-order valence-electron chi connectivity index (χ1n) is 6.53. The van der Waals surface area contributed by atoms with Crippen molar-refractivity contribution in [3.8, 4) is 16.9 Å². The van der Waals surface area contributed by atoms with Gasteiger partial charge in [-0.1, -0.05) is 36.4 Å². The lowest BCUT2D eigenvalue weighted by atomic mass is 10.0. The van der Waals surface area contributed by atoms with Crippen molar-refractivity contribution in [1.29, 1.82) is 0 Å². The summed E-state index contributed by atoms with van der Waals surface area (Å²) in [5, 5.41) is 16.4. The molecule has 0 aliphatic carbocycles. The maximum Gasteiger partial charge on any atom is 0.328 e. The lowest BCUT2D eigenvalue weighted by Gasteiger charge is -2.19. The summed E-state index contributed by atoms with van der Waals surface area (Å²) in [5.41, 5.74) is 2.06. The maximum atomic E-state index is 11.8. The predicted octanol–water partition coefficient (Wildman–Crippen LogP) is 2.56. The Kier molecular flexibility index (Phi) is 5.33. The van der Waals surface area contributed by atoms with E-state index in [0.717, 1.165) is 22.2 Å². The van der Waals surface area contributed by atoms with Gasteiger partial charge in [0.05, 0.1) is 5.30 Å². The standard InChI is InChI=1S/C12H9O2P.C4H4O4/c13-15-12-8-4-2-6-10(12)9-5-1-3-7-11(9)14-15;5-3(6)1-2-4(7)8/h1-8,15H;1-2H,(H,5,6)(H,7,8). The zero-order valence-corrected chi connectivity index (χ0v) is 12.8. The second-order valence-corrected chi connectivity index (χ2v) is 5.76. The lowest BCUT2D eigenvalue weighted by Crippen LogP contribution is -2.09. The van der Waals surface area contributed by atoms with E-state index in [4.69, 9.17) is 14.7 Å². The minimum Gasteiger partial charge on any atom is -0.478 e. The number of hydrogen-bond donors (Lipinski definition) is 2. The number of carboxylic acid groups (broad SMARTS) is 2. The topological polar surface area (TPSA) is 101 Å². The number of benzene rings is 2. The summed E-state index contributed by atoms with van der Waals surface area (Å²) in [4.78, 5) is 19.1. The highest BCUT2D eigenvalue weighted by atomic mass is 31.1. The minimum absolute atomic E-state index is 0.558. The Morgan fingerprint density at radius 2 is 1.39 bits per heavy atom. The van der Waals surface area contributed by atoms with Gasteiger partial charge in [-0.15, -0.1) is 0 Å². The second kappa shape index (κ2) is 7.42. The number of rotatable bonds is 2. The van der Waals surface area contributed by atoms with Gasteiger partial charge in [-0.05, 0) is 17.7 Å². The molecule has 3 rings (SSSR count). The van der Waals surface area contributed by atoms with E-state index in [2.05, 4.69) is 0 Å². The SMILES string of the molecule is O=C(O)C=CC(=O)O.O=[PH]1Oc2ccccc2-c2ccccc21. The van der Waals surface area contributed by atoms with E-state index < -0.39 is 20.0 Å². The Balaban J connectivity index is 0.000000207. The first-order chi connectivity index (χ1) is 11.0. The van der Waals surface area contributed by atoms with E-state index in [1.807, 2.05) is 48.5 Å². The van der Waals surface area contributed by atoms with Crippen LogP contribution in [0.4, 0.5) is 0 Å². The molecule has 1 aliphatic heterocycles. The smallest absolute Gasteiger partial charge is 0.328 e. The van der Waals surface area contributed by atoms with Crippen LogP contribution in [0.2, 0.25) is 0 Å². The van der Waals surface area contributed by atoms with E-state index in [1.165, 1.54) is 0 Å². The van der Waals surface area contributed by atoms with Gasteiger partial charge in [-0.25, -0.2) is 9.59 Å². The van der Waals surface area contributed by atoms with Crippen LogP contribution >= 0.6 is 8.03 Å². The van der Waals surface area contributed by atoms with Crippen molar-refractivity contribution < 1.29 is 28.9 Å². The fourth-order valence-electron chi connectivity index (χ4n) is 1.97. The molecule has 0 aromatic heterocycles. The molecule has 0 fully saturated rings. The van der Waals surface area contributed by atoms with Gasteiger partial charge in [0.15, 0.2) is 0 Å². The molecule has 23 heavy (non-hydrogen) atoms. The monoisotopic (exact) mass is 332 g/mol. The van der Waals surface area contributed by atoms with Gasteiger partial charge in [0.2, 0.25) is 0 Å². The molecule has 0 amide bonds. The fraction of sp³-hybridized carbons (Fsp3) is 0. The summed E-state index contributed by atoms with van der Waals surface area (Å²) >= 11 is 0. The van der Waals surface area contributed by atoms with Gasteiger partial charge in [-0.3, -0.25) is 4.57 Å². The molecule has 0 saturated heterocycles. The van der Waals surface area contributed by atoms with Crippen molar-refractivity contribution in [1.82, 2.24) is 0 Å². The molecular weight excluding hydrogens is 319 g/mol. The lowest BCUT2D eigenvalue weighted by molar-refractivity contribution is -0.134. The molecule has 0 saturated carbocycles. The van der Waals surface area contributed by atoms with Crippen LogP contribution in [0, 0.1) is 0 Å². The van der Waals surface area contributed by atoms with Crippen LogP contribution in [-0.4, -0.2) is 22.2 Å². The van der Waals surface area contributed by atoms with Gasteiger partial charge >= 0.3 is 11.9 Å². The number of hydrogen-bond acceptors (Lipinski definition) is 4. The van der Waals surface area contributed by atoms with Gasteiger partial charge in [-0.2, -0.15) is 0 Å². The summed E-state index contributed by atoms with van der Waals surface area (Å²) in [7, 11) is -2.11. The first-order valence-corrected chi connectivity index (χ1v) is 7.85. The number of para-hydroxylation sites is 1. The van der Waals surface area contributed by atoms with E-state index in [-0.39, 0.29) is 0 Å². The highest BCUT2D eigenvalue weighted by Crippen LogP contribution is 2.41. The molecular formula is C16H13O6P. The molecule has 6 nitrogen and oxygen atoms in total. The van der Waals surface area contributed by atoms with Crippen molar-refractivity contribution in [2.75, 3.05) is 0 Å². The molecule has 1 atom stereocenters. The molecule has 0 bridgehead atoms. The molecule has 2 aromatic rings. The van der Waals surface area contributed by atoms with E-state index in [1.54, 1.807) is 0 Å². The van der Waals surface area contributed by atoms with E-state index >= 15 is 0 Å². The summed E-state index contributed by atoms with van der Waals surface area (Å²) in [6.45, 7) is 0. The Labute approximate surface area is 132 Å². The largest absolute Gasteiger partial charge is 0.478 e. The normalized spacial score (nSPS) is 14.7. The van der Waals surface area contributed by atoms with Crippen LogP contribution in [0.3, 0.4) is 0 Å². The Hall–Kier alpha value is -2.85. The van der Waals surface area contributed by atoms with Crippen molar-refractivity contribution in [3.63, 3.8) is 0 Å². The third-order valence-corrected chi connectivity index (χ3v) is 4.18. The average molecular weight is 332 g/mol. The third kappa shape index (κ3) is 4.31. The molecule has 1 unspecified atom stereocenters. The molecule has 1 aliphatic rings. The Morgan fingerprint density at radius 3 is 2.00 bits per heavy atom. The van der Waals surface area contributed by atoms with Gasteiger partial charge < -0.3 is 14.7 Å². The predicted molar refractivity (Wildman–Crippen MR) is 85.6 cm³/mol. The number of carboxylic acids is 2. The van der Waals surface area contributed by atoms with E-state index in [0.29, 0.717) is 12.2 Å². The Bertz CT molecular complexity index is 781. The van der Waals surface area contributed by atoms with Crippen molar-refractivity contribution in [2.24, 2.45) is 0 Å². The van der Waals surface area contributed by atoms with Crippen LogP contribution in [0.1, 0.15) is 0 Å². The van der Waals surface area contributed by atoms with Gasteiger partial charge in [0.25, 0.3) is 8.03 Å². The van der Waals surface area contributed by atoms with Crippen LogP contribution in [0.25, 0.3) is 11.1 Å². The molecule has 0 radical (unpaired) electrons. The van der Waals surface area contributed by atoms with Gasteiger partial charge in [0.1, 0.15) is 5.75 Å². The fourth-order valence-corrected chi connectivity index (χ4v) is 3.13. The quantitative estimate of drug-likeness (QED) is 0.647. The molecule has 2 N–H and O–H groups in total. The summed E-state index contributed by atoms with van der Waals surface area (Å²) in [6.07, 6.45) is 1.12. The average Bonchev–Trinajstić information content (AvgIpc) is 2.54. The Morgan fingerprint density at radius 1 is 0.870 bits per heavy atom. The summed E-state index contributed by atoms with van der Waals surface area (Å²) in [5.74, 6) is -1.79. The molecule has 1 heterocycles. The zero-order chi connectivity index (χ0) is 16.8. The molecule has 7 heteroatoms. The zero-order valence-electron chi connectivity index (χ0n) is 11.8. The van der Waals surface area contributed by atoms with Crippen molar-refractivity contribution in [2.45, 2.75) is 0 Å². The maximum absolute atomic E-state index is 11.8. The van der Waals surface area contributed by atoms with Crippen LogP contribution < -0.4 is 9.83 Å². The van der Waals surface area contributed by atoms with Crippen molar-refractivity contribution >= 4 is 25.3 Å². The number of aliphatic carboxylic acids is 2. The first kappa shape index (κ1) is 16.5. The summed E-state index contributed by atoms with van der Waals surface area (Å²) < 4.78 is 17.2. The highest BCUT2D eigenvalue weighted by molar-refractivity contribution is 7.49. The highest BCUT2D eigenvalue weighted by Gasteiger charge is 2.20.